The Morgan fingerprint density at radius 1 is 1.44 bits per heavy atom. The average molecular weight is 258 g/mol. The molecule has 0 aliphatic rings. The summed E-state index contributed by atoms with van der Waals surface area (Å²) in [5, 5.41) is 11.8. The van der Waals surface area contributed by atoms with Crippen molar-refractivity contribution in [2.24, 2.45) is 5.73 Å². The standard InChI is InChI=1S/C12H22N2O4/c1-9(2)12(17)18-8-7-14-10(11(15)16)5-3-4-6-13/h10,14H,1,3-8,13H2,2H3,(H,15,16)/t10-/m0/s1. The lowest BCUT2D eigenvalue weighted by Gasteiger charge is -2.14. The smallest absolute Gasteiger partial charge is 0.333 e. The number of carboxylic acids is 1. The Hall–Kier alpha value is -1.40. The van der Waals surface area contributed by atoms with Crippen LogP contribution in [0, 0.1) is 0 Å². The monoisotopic (exact) mass is 258 g/mol. The van der Waals surface area contributed by atoms with Crippen molar-refractivity contribution < 1.29 is 19.4 Å². The van der Waals surface area contributed by atoms with Crippen LogP contribution in [0.15, 0.2) is 12.2 Å². The van der Waals surface area contributed by atoms with Gasteiger partial charge in [0.1, 0.15) is 12.6 Å². The topological polar surface area (TPSA) is 102 Å². The molecule has 0 heterocycles. The van der Waals surface area contributed by atoms with Gasteiger partial charge in [-0.2, -0.15) is 0 Å². The van der Waals surface area contributed by atoms with Crippen molar-refractivity contribution >= 4 is 11.9 Å². The Bertz CT molecular complexity index is 292. The van der Waals surface area contributed by atoms with Crippen LogP contribution in [0.25, 0.3) is 0 Å². The molecule has 0 spiro atoms. The molecule has 0 amide bonds. The van der Waals surface area contributed by atoms with Crippen LogP contribution in [0.2, 0.25) is 0 Å². The van der Waals surface area contributed by atoms with Crippen LogP contribution in [0.4, 0.5) is 0 Å². The van der Waals surface area contributed by atoms with Gasteiger partial charge < -0.3 is 20.9 Å². The van der Waals surface area contributed by atoms with E-state index in [1.54, 1.807) is 6.92 Å². The summed E-state index contributed by atoms with van der Waals surface area (Å²) >= 11 is 0. The molecular formula is C12H22N2O4. The van der Waals surface area contributed by atoms with Crippen molar-refractivity contribution in [1.82, 2.24) is 5.32 Å². The lowest BCUT2D eigenvalue weighted by atomic mass is 10.1. The maximum atomic E-state index is 11.1. The second-order valence-electron chi connectivity index (χ2n) is 4.05. The van der Waals surface area contributed by atoms with E-state index >= 15 is 0 Å². The zero-order valence-electron chi connectivity index (χ0n) is 10.8. The minimum absolute atomic E-state index is 0.131. The summed E-state index contributed by atoms with van der Waals surface area (Å²) in [4.78, 5) is 22.0. The predicted octanol–water partition coefficient (Wildman–Crippen LogP) is 0.278. The van der Waals surface area contributed by atoms with Crippen LogP contribution in [0.1, 0.15) is 26.2 Å². The van der Waals surface area contributed by atoms with Crippen LogP contribution < -0.4 is 11.1 Å². The van der Waals surface area contributed by atoms with Crippen molar-refractivity contribution in [2.45, 2.75) is 32.2 Å². The highest BCUT2D eigenvalue weighted by Crippen LogP contribution is 2.00. The van der Waals surface area contributed by atoms with Crippen molar-refractivity contribution in [3.05, 3.63) is 12.2 Å². The molecule has 1 atom stereocenters. The van der Waals surface area contributed by atoms with E-state index in [4.69, 9.17) is 15.6 Å². The van der Waals surface area contributed by atoms with Crippen LogP contribution in [-0.2, 0) is 14.3 Å². The van der Waals surface area contributed by atoms with Crippen LogP contribution in [0.5, 0.6) is 0 Å². The van der Waals surface area contributed by atoms with Crippen molar-refractivity contribution in [2.75, 3.05) is 19.7 Å². The Balaban J connectivity index is 3.80. The fourth-order valence-corrected chi connectivity index (χ4v) is 1.31. The second-order valence-corrected chi connectivity index (χ2v) is 4.05. The van der Waals surface area contributed by atoms with Crippen molar-refractivity contribution in [1.29, 1.82) is 0 Å². The Labute approximate surface area is 107 Å². The van der Waals surface area contributed by atoms with Gasteiger partial charge in [-0.05, 0) is 26.3 Å². The van der Waals surface area contributed by atoms with Crippen LogP contribution in [0.3, 0.4) is 0 Å². The number of carboxylic acid groups (broad SMARTS) is 1. The van der Waals surface area contributed by atoms with E-state index in [0.29, 0.717) is 25.1 Å². The summed E-state index contributed by atoms with van der Waals surface area (Å²) in [6, 6.07) is -0.625. The Morgan fingerprint density at radius 3 is 2.61 bits per heavy atom. The molecule has 0 radical (unpaired) electrons. The summed E-state index contributed by atoms with van der Waals surface area (Å²) in [6.45, 7) is 6.00. The summed E-state index contributed by atoms with van der Waals surface area (Å²) in [5.41, 5.74) is 5.67. The number of carbonyl (C=O) groups excluding carboxylic acids is 1. The lowest BCUT2D eigenvalue weighted by molar-refractivity contribution is -0.140. The molecule has 104 valence electrons. The molecule has 0 fully saturated rings. The first kappa shape index (κ1) is 16.6. The molecular weight excluding hydrogens is 236 g/mol. The van der Waals surface area contributed by atoms with Gasteiger partial charge in [0.2, 0.25) is 0 Å². The van der Waals surface area contributed by atoms with E-state index in [1.165, 1.54) is 0 Å². The largest absolute Gasteiger partial charge is 0.480 e. The molecule has 0 saturated carbocycles. The summed E-state index contributed by atoms with van der Waals surface area (Å²) in [7, 11) is 0. The number of hydrogen-bond donors (Lipinski definition) is 3. The first-order valence-electron chi connectivity index (χ1n) is 5.98. The van der Waals surface area contributed by atoms with E-state index < -0.39 is 18.0 Å². The quantitative estimate of drug-likeness (QED) is 0.295. The maximum absolute atomic E-state index is 11.1. The molecule has 18 heavy (non-hydrogen) atoms. The molecule has 0 aromatic rings. The SMILES string of the molecule is C=C(C)C(=O)OCCN[C@@H](CCCCN)C(=O)O. The normalized spacial score (nSPS) is 11.9. The highest BCUT2D eigenvalue weighted by molar-refractivity contribution is 5.86. The third-order valence-electron chi connectivity index (χ3n) is 2.32. The Morgan fingerprint density at radius 2 is 2.11 bits per heavy atom. The van der Waals surface area contributed by atoms with Gasteiger partial charge in [0.25, 0.3) is 0 Å². The highest BCUT2D eigenvalue weighted by atomic mass is 16.5. The number of esters is 1. The summed E-state index contributed by atoms with van der Waals surface area (Å²) in [6.07, 6.45) is 2.07. The number of nitrogens with two attached hydrogens (primary N) is 1. The number of unbranched alkanes of at least 4 members (excludes halogenated alkanes) is 1. The zero-order valence-corrected chi connectivity index (χ0v) is 10.8. The fraction of sp³-hybridized carbons (Fsp3) is 0.667. The lowest BCUT2D eigenvalue weighted by Crippen LogP contribution is -2.38. The maximum Gasteiger partial charge on any atom is 0.333 e. The number of nitrogens with one attached hydrogen (secondary N) is 1. The molecule has 0 aromatic carbocycles. The van der Waals surface area contributed by atoms with E-state index in [1.807, 2.05) is 0 Å². The minimum atomic E-state index is -0.904. The number of rotatable bonds is 10. The number of ether oxygens (including phenoxy) is 1. The molecule has 6 heteroatoms. The van der Waals surface area contributed by atoms with Gasteiger partial charge >= 0.3 is 11.9 Å². The minimum Gasteiger partial charge on any atom is -0.480 e. The van der Waals surface area contributed by atoms with Gasteiger partial charge in [-0.1, -0.05) is 13.0 Å². The first-order chi connectivity index (χ1) is 8.49. The second kappa shape index (κ2) is 9.61. The fourth-order valence-electron chi connectivity index (χ4n) is 1.31. The molecule has 0 bridgehead atoms. The van der Waals surface area contributed by atoms with Gasteiger partial charge in [0.05, 0.1) is 0 Å². The van der Waals surface area contributed by atoms with Crippen molar-refractivity contribution in [3.63, 3.8) is 0 Å². The first-order valence-corrected chi connectivity index (χ1v) is 5.98. The van der Waals surface area contributed by atoms with Gasteiger partial charge in [-0.3, -0.25) is 4.79 Å². The van der Waals surface area contributed by atoms with Gasteiger partial charge in [-0.25, -0.2) is 4.79 Å². The third kappa shape index (κ3) is 7.81. The molecule has 0 saturated heterocycles. The Kier molecular flexibility index (Phi) is 8.86. The number of aliphatic carboxylic acids is 1. The molecule has 4 N–H and O–H groups in total. The van der Waals surface area contributed by atoms with Gasteiger partial charge in [-0.15, -0.1) is 0 Å². The highest BCUT2D eigenvalue weighted by Gasteiger charge is 2.15. The molecule has 0 rings (SSSR count). The van der Waals surface area contributed by atoms with Crippen LogP contribution in [-0.4, -0.2) is 42.8 Å². The molecule has 0 aliphatic heterocycles. The van der Waals surface area contributed by atoms with E-state index in [9.17, 15) is 9.59 Å². The van der Waals surface area contributed by atoms with Gasteiger partial charge in [0, 0.05) is 12.1 Å². The number of carbonyl (C=O) groups is 2. The molecule has 6 nitrogen and oxygen atoms in total. The third-order valence-corrected chi connectivity index (χ3v) is 2.32. The summed E-state index contributed by atoms with van der Waals surface area (Å²) < 4.78 is 4.85. The summed E-state index contributed by atoms with van der Waals surface area (Å²) in [5.74, 6) is -1.37. The van der Waals surface area contributed by atoms with Crippen LogP contribution >= 0.6 is 0 Å². The van der Waals surface area contributed by atoms with E-state index in [-0.39, 0.29) is 6.61 Å². The van der Waals surface area contributed by atoms with E-state index in [0.717, 1.165) is 12.8 Å². The molecule has 0 aliphatic carbocycles. The zero-order chi connectivity index (χ0) is 14.0. The number of hydrogen-bond acceptors (Lipinski definition) is 5. The van der Waals surface area contributed by atoms with Gasteiger partial charge in [0.15, 0.2) is 0 Å². The molecule has 0 aromatic heterocycles. The van der Waals surface area contributed by atoms with Crippen molar-refractivity contribution in [3.8, 4) is 0 Å². The average Bonchev–Trinajstić information content (AvgIpc) is 2.31. The molecule has 0 unspecified atom stereocenters. The predicted molar refractivity (Wildman–Crippen MR) is 68.1 cm³/mol. The van der Waals surface area contributed by atoms with E-state index in [2.05, 4.69) is 11.9 Å².